The van der Waals surface area contributed by atoms with Crippen LogP contribution in [0.3, 0.4) is 0 Å². The number of allylic oxidation sites excluding steroid dienone is 1. The standard InChI is InChI=1S/C30H48N2O2/c1-19(2)20-10-15-30(18-31-33)17-16-28(6)21(25(20)30)8-9-23-27(5)13-12-24(32-34)26(3,4)22(27)11-14-29(23,28)7/h18,20-23,25,33-34H,1,8-17H2,2-7H3/t20-,21?,22?,23?,25?,27-,28+,29+,30?/m0/s1. The fourth-order valence-corrected chi connectivity index (χ4v) is 11.5. The van der Waals surface area contributed by atoms with E-state index in [1.54, 1.807) is 0 Å². The van der Waals surface area contributed by atoms with Crippen molar-refractivity contribution in [2.75, 3.05) is 0 Å². The Morgan fingerprint density at radius 1 is 0.882 bits per heavy atom. The summed E-state index contributed by atoms with van der Waals surface area (Å²) in [5.41, 5.74) is 3.27. The molecule has 0 amide bonds. The van der Waals surface area contributed by atoms with Crippen LogP contribution in [0.1, 0.15) is 106 Å². The highest BCUT2D eigenvalue weighted by molar-refractivity contribution is 5.90. The van der Waals surface area contributed by atoms with Gasteiger partial charge in [0, 0.05) is 10.8 Å². The second-order valence-corrected chi connectivity index (χ2v) is 14.4. The molecule has 0 aliphatic heterocycles. The molecule has 0 spiro atoms. The van der Waals surface area contributed by atoms with E-state index >= 15 is 0 Å². The van der Waals surface area contributed by atoms with Gasteiger partial charge >= 0.3 is 0 Å². The van der Waals surface area contributed by atoms with Crippen molar-refractivity contribution in [3.63, 3.8) is 0 Å². The molecule has 190 valence electrons. The summed E-state index contributed by atoms with van der Waals surface area (Å²) in [5, 5.41) is 26.9. The predicted molar refractivity (Wildman–Crippen MR) is 138 cm³/mol. The van der Waals surface area contributed by atoms with Crippen molar-refractivity contribution in [2.45, 2.75) is 106 Å². The van der Waals surface area contributed by atoms with Gasteiger partial charge in [-0.05, 0) is 117 Å². The molecule has 9 atom stereocenters. The van der Waals surface area contributed by atoms with Crippen LogP contribution in [0.5, 0.6) is 0 Å². The van der Waals surface area contributed by atoms with Crippen molar-refractivity contribution in [3.05, 3.63) is 12.2 Å². The van der Waals surface area contributed by atoms with E-state index in [-0.39, 0.29) is 10.8 Å². The largest absolute Gasteiger partial charge is 0.411 e. The van der Waals surface area contributed by atoms with Gasteiger partial charge in [0.2, 0.25) is 0 Å². The van der Waals surface area contributed by atoms with Crippen molar-refractivity contribution in [3.8, 4) is 0 Å². The van der Waals surface area contributed by atoms with Crippen molar-refractivity contribution < 1.29 is 10.4 Å². The van der Waals surface area contributed by atoms with Crippen molar-refractivity contribution in [1.29, 1.82) is 0 Å². The van der Waals surface area contributed by atoms with Gasteiger partial charge in [0.05, 0.1) is 11.9 Å². The minimum absolute atomic E-state index is 0.0311. The maximum atomic E-state index is 9.76. The summed E-state index contributed by atoms with van der Waals surface area (Å²) in [7, 11) is 0. The molecule has 5 unspecified atom stereocenters. The van der Waals surface area contributed by atoms with Crippen molar-refractivity contribution in [2.24, 2.45) is 67.0 Å². The molecule has 5 aliphatic rings. The quantitative estimate of drug-likeness (QED) is 0.187. The number of nitrogens with zero attached hydrogens (tertiary/aromatic N) is 2. The Labute approximate surface area is 207 Å². The highest BCUT2D eigenvalue weighted by Crippen LogP contribution is 2.77. The van der Waals surface area contributed by atoms with Crippen LogP contribution in [0.25, 0.3) is 0 Å². The summed E-state index contributed by atoms with van der Waals surface area (Å²) in [5.74, 6) is 3.06. The number of hydrogen-bond acceptors (Lipinski definition) is 4. The van der Waals surface area contributed by atoms with E-state index in [9.17, 15) is 10.4 Å². The minimum atomic E-state index is -0.0311. The third-order valence-electron chi connectivity index (χ3n) is 13.3. The van der Waals surface area contributed by atoms with E-state index in [4.69, 9.17) is 0 Å². The molecule has 5 aliphatic carbocycles. The fourth-order valence-electron chi connectivity index (χ4n) is 11.5. The van der Waals surface area contributed by atoms with Crippen LogP contribution in [0.4, 0.5) is 0 Å². The van der Waals surface area contributed by atoms with Gasteiger partial charge in [-0.2, -0.15) is 0 Å². The first-order valence-corrected chi connectivity index (χ1v) is 14.0. The second kappa shape index (κ2) is 7.59. The van der Waals surface area contributed by atoms with E-state index in [0.717, 1.165) is 31.4 Å². The minimum Gasteiger partial charge on any atom is -0.411 e. The highest BCUT2D eigenvalue weighted by Gasteiger charge is 2.70. The third kappa shape index (κ3) is 2.83. The van der Waals surface area contributed by atoms with E-state index in [1.807, 2.05) is 6.21 Å². The average Bonchev–Trinajstić information content (AvgIpc) is 3.14. The number of oxime groups is 2. The third-order valence-corrected chi connectivity index (χ3v) is 13.3. The second-order valence-electron chi connectivity index (χ2n) is 14.4. The lowest BCUT2D eigenvalue weighted by Gasteiger charge is -2.72. The Balaban J connectivity index is 1.56. The lowest BCUT2D eigenvalue weighted by Crippen LogP contribution is -2.66. The molecule has 0 saturated heterocycles. The summed E-state index contributed by atoms with van der Waals surface area (Å²) >= 11 is 0. The van der Waals surface area contributed by atoms with Crippen molar-refractivity contribution >= 4 is 11.9 Å². The predicted octanol–water partition coefficient (Wildman–Crippen LogP) is 7.93. The molecule has 34 heavy (non-hydrogen) atoms. The summed E-state index contributed by atoms with van der Waals surface area (Å²) in [4.78, 5) is 0. The average molecular weight is 469 g/mol. The topological polar surface area (TPSA) is 65.2 Å². The van der Waals surface area contributed by atoms with Crippen LogP contribution in [0.2, 0.25) is 0 Å². The number of hydrogen-bond donors (Lipinski definition) is 2. The summed E-state index contributed by atoms with van der Waals surface area (Å²) in [6, 6.07) is 0. The molecule has 0 aromatic carbocycles. The Morgan fingerprint density at radius 3 is 2.26 bits per heavy atom. The monoisotopic (exact) mass is 468 g/mol. The summed E-state index contributed by atoms with van der Waals surface area (Å²) in [6.07, 6.45) is 13.8. The van der Waals surface area contributed by atoms with Crippen LogP contribution in [0.15, 0.2) is 22.5 Å². The summed E-state index contributed by atoms with van der Waals surface area (Å²) < 4.78 is 0. The lowest BCUT2D eigenvalue weighted by molar-refractivity contribution is -0.222. The Kier molecular flexibility index (Phi) is 5.44. The van der Waals surface area contributed by atoms with Crippen LogP contribution >= 0.6 is 0 Å². The fraction of sp³-hybridized carbons (Fsp3) is 0.867. The van der Waals surface area contributed by atoms with Crippen LogP contribution in [-0.2, 0) is 0 Å². The van der Waals surface area contributed by atoms with E-state index in [2.05, 4.69) is 58.4 Å². The Hall–Kier alpha value is -1.32. The van der Waals surface area contributed by atoms with E-state index in [0.29, 0.717) is 45.8 Å². The van der Waals surface area contributed by atoms with Gasteiger partial charge in [-0.25, -0.2) is 0 Å². The number of rotatable bonds is 2. The molecule has 2 N–H and O–H groups in total. The van der Waals surface area contributed by atoms with Crippen LogP contribution < -0.4 is 0 Å². The molecule has 0 bridgehead atoms. The molecular weight excluding hydrogens is 420 g/mol. The van der Waals surface area contributed by atoms with Crippen molar-refractivity contribution in [1.82, 2.24) is 0 Å². The zero-order chi connectivity index (χ0) is 24.7. The van der Waals surface area contributed by atoms with Gasteiger partial charge in [-0.1, -0.05) is 51.9 Å². The normalized spacial score (nSPS) is 53.1. The molecule has 0 aromatic heterocycles. The first-order valence-electron chi connectivity index (χ1n) is 14.0. The molecule has 0 heterocycles. The van der Waals surface area contributed by atoms with E-state index < -0.39 is 0 Å². The number of fused-ring (bicyclic) bond motifs is 7. The molecule has 4 nitrogen and oxygen atoms in total. The zero-order valence-electron chi connectivity index (χ0n) is 22.5. The molecule has 0 aromatic rings. The first kappa shape index (κ1) is 24.4. The van der Waals surface area contributed by atoms with Crippen LogP contribution in [-0.4, -0.2) is 22.3 Å². The molecule has 0 radical (unpaired) electrons. The van der Waals surface area contributed by atoms with Gasteiger partial charge in [-0.15, -0.1) is 5.16 Å². The molecule has 4 heteroatoms. The van der Waals surface area contributed by atoms with E-state index in [1.165, 1.54) is 44.1 Å². The smallest absolute Gasteiger partial charge is 0.0630 e. The van der Waals surface area contributed by atoms with Gasteiger partial charge in [-0.3, -0.25) is 0 Å². The lowest BCUT2D eigenvalue weighted by atomic mass is 9.32. The molecular formula is C30H48N2O2. The maximum Gasteiger partial charge on any atom is 0.0630 e. The Bertz CT molecular complexity index is 923. The zero-order valence-corrected chi connectivity index (χ0v) is 22.5. The van der Waals surface area contributed by atoms with Gasteiger partial charge in [0.25, 0.3) is 0 Å². The first-order chi connectivity index (χ1) is 15.9. The maximum absolute atomic E-state index is 9.76. The highest BCUT2D eigenvalue weighted by atomic mass is 16.4. The molecule has 5 rings (SSSR count). The Morgan fingerprint density at radius 2 is 1.62 bits per heavy atom. The SMILES string of the molecule is C=C(C)[C@@H]1CCC2(C=NO)CC[C@]3(C)C(CCC4[C@@]5(C)CCC(=NO)C(C)(C)C5CC[C@]43C)C12. The van der Waals surface area contributed by atoms with Gasteiger partial charge in [0.1, 0.15) is 0 Å². The van der Waals surface area contributed by atoms with Crippen LogP contribution in [0, 0.1) is 56.7 Å². The van der Waals surface area contributed by atoms with Gasteiger partial charge in [0.15, 0.2) is 0 Å². The summed E-state index contributed by atoms with van der Waals surface area (Å²) in [6.45, 7) is 19.2. The van der Waals surface area contributed by atoms with Gasteiger partial charge < -0.3 is 10.4 Å². The molecule has 5 fully saturated rings. The molecule has 5 saturated carbocycles.